The van der Waals surface area contributed by atoms with Crippen molar-refractivity contribution < 1.29 is 31.7 Å². The number of rotatable bonds is 5. The van der Waals surface area contributed by atoms with Crippen LogP contribution in [0.15, 0.2) is 94.5 Å². The number of carbonyl (C=O) groups excluding carboxylic acids is 1. The Labute approximate surface area is 246 Å². The summed E-state index contributed by atoms with van der Waals surface area (Å²) < 4.78 is 74.9. The quantitative estimate of drug-likeness (QED) is 0.439. The van der Waals surface area contributed by atoms with Crippen LogP contribution < -0.4 is 5.32 Å². The third-order valence-electron chi connectivity index (χ3n) is 9.35. The van der Waals surface area contributed by atoms with E-state index in [2.05, 4.69) is 10.1 Å². The molecule has 4 aliphatic carbocycles. The van der Waals surface area contributed by atoms with E-state index < -0.39 is 39.1 Å². The lowest BCUT2D eigenvalue weighted by Crippen LogP contribution is -2.76. The number of nitrogens with zero attached hydrogens (tertiary/aromatic N) is 4. The summed E-state index contributed by atoms with van der Waals surface area (Å²) in [6.07, 6.45) is 7.27. The zero-order valence-electron chi connectivity index (χ0n) is 23.5. The van der Waals surface area contributed by atoms with Gasteiger partial charge in [0.1, 0.15) is 22.9 Å². The zero-order chi connectivity index (χ0) is 30.3. The Hall–Kier alpha value is -3.87. The van der Waals surface area contributed by atoms with Gasteiger partial charge in [0.2, 0.25) is 0 Å². The van der Waals surface area contributed by atoms with E-state index in [-0.39, 0.29) is 34.9 Å². The number of allylic oxidation sites excluding steroid dienone is 5. The van der Waals surface area contributed by atoms with Gasteiger partial charge < -0.3 is 0 Å². The number of alkyl halides is 2. The fourth-order valence-electron chi connectivity index (χ4n) is 6.90. The van der Waals surface area contributed by atoms with Crippen LogP contribution in [0.25, 0.3) is 0 Å². The van der Waals surface area contributed by atoms with E-state index in [1.165, 1.54) is 64.8 Å². The number of benzene rings is 1. The molecule has 1 fully saturated rings. The number of quaternary nitrogens is 1. The molecule has 3 aromatic rings. The zero-order valence-corrected chi connectivity index (χ0v) is 24.3. The Kier molecular flexibility index (Phi) is 6.21. The van der Waals surface area contributed by atoms with Crippen molar-refractivity contribution in [2.45, 2.75) is 42.7 Å². The van der Waals surface area contributed by atoms with Crippen molar-refractivity contribution in [3.63, 3.8) is 0 Å². The predicted molar refractivity (Wildman–Crippen MR) is 150 cm³/mol. The van der Waals surface area contributed by atoms with Gasteiger partial charge in [-0.15, -0.1) is 0 Å². The Morgan fingerprint density at radius 3 is 2.60 bits per heavy atom. The highest BCUT2D eigenvalue weighted by atomic mass is 32.2. The van der Waals surface area contributed by atoms with Crippen LogP contribution in [0.4, 0.5) is 18.9 Å². The number of halogens is 3. The fourth-order valence-corrected chi connectivity index (χ4v) is 8.38. The van der Waals surface area contributed by atoms with Crippen LogP contribution in [0.2, 0.25) is 0 Å². The predicted octanol–water partition coefficient (Wildman–Crippen LogP) is 4.14. The molecule has 0 saturated heterocycles. The Balaban J connectivity index is 1.35. The van der Waals surface area contributed by atoms with Gasteiger partial charge in [-0.1, -0.05) is 6.08 Å². The van der Waals surface area contributed by atoms with Crippen LogP contribution in [-0.2, 0) is 23.0 Å². The lowest BCUT2D eigenvalue weighted by molar-refractivity contribution is -0.513. The second-order valence-corrected chi connectivity index (χ2v) is 13.7. The number of sulfonamides is 1. The van der Waals surface area contributed by atoms with Crippen molar-refractivity contribution in [1.29, 1.82) is 0 Å². The van der Waals surface area contributed by atoms with E-state index in [9.17, 15) is 17.6 Å². The van der Waals surface area contributed by atoms with Crippen LogP contribution in [0.5, 0.6) is 0 Å². The highest BCUT2D eigenvalue weighted by Gasteiger charge is 2.57. The SMILES string of the molecule is CN([C@H]1CCC2=CC([NH2+]c3ccc(F)cc3)=C3CC2(C1)C(=O)c1cc(ccn1)C(F)(F)C1C=C31)S(=O)(=O)c1ccnn1C. The number of nitrogens with two attached hydrogens (primary N) is 1. The summed E-state index contributed by atoms with van der Waals surface area (Å²) in [7, 11) is -0.878. The number of fused-ring (bicyclic) bond motifs is 5. The Morgan fingerprint density at radius 2 is 1.88 bits per heavy atom. The van der Waals surface area contributed by atoms with E-state index in [1.807, 2.05) is 11.4 Å². The molecule has 2 heterocycles. The Morgan fingerprint density at radius 1 is 1.12 bits per heavy atom. The van der Waals surface area contributed by atoms with Gasteiger partial charge in [-0.05, 0) is 73.2 Å². The summed E-state index contributed by atoms with van der Waals surface area (Å²) in [5, 5.41) is 5.88. The van der Waals surface area contributed by atoms with Crippen LogP contribution in [-0.4, -0.2) is 46.4 Å². The van der Waals surface area contributed by atoms with Crippen LogP contribution in [0, 0.1) is 17.2 Å². The van der Waals surface area contributed by atoms with Gasteiger partial charge in [0.15, 0.2) is 10.8 Å². The molecule has 2 unspecified atom stereocenters. The van der Waals surface area contributed by atoms with Crippen molar-refractivity contribution in [3.05, 3.63) is 107 Å². The van der Waals surface area contributed by atoms with Crippen LogP contribution >= 0.6 is 0 Å². The molecule has 4 aliphatic rings. The number of aromatic nitrogens is 3. The highest BCUT2D eigenvalue weighted by Crippen LogP contribution is 2.59. The number of carbonyl (C=O) groups is 1. The molecule has 12 heteroatoms. The molecule has 1 spiro atoms. The maximum atomic E-state index is 15.7. The molecule has 0 radical (unpaired) electrons. The monoisotopic (exact) mass is 608 g/mol. The standard InChI is InChI=1S/C31H28F3N5O3S/c1-38-28(10-12-36-38)43(41,42)39(2)22-8-3-18-13-26(37-21-6-4-20(32)5-7-21)24-17-30(18,16-22)29(40)27-14-19(9-11-35-27)31(33,34)25-15-23(24)25/h4-7,9-15,22,25,37H,3,8,16-17H2,1-2H3/p+1/t22-,25?,30?/m0/s1. The van der Waals surface area contributed by atoms with E-state index in [0.717, 1.165) is 5.57 Å². The van der Waals surface area contributed by atoms with Crippen molar-refractivity contribution in [1.82, 2.24) is 19.1 Å². The fraction of sp³-hybridized carbons (Fsp3) is 0.323. The van der Waals surface area contributed by atoms with Gasteiger partial charge in [-0.2, -0.15) is 9.40 Å². The third-order valence-corrected chi connectivity index (χ3v) is 11.3. The van der Waals surface area contributed by atoms with Gasteiger partial charge in [0.05, 0.1) is 17.5 Å². The largest absolute Gasteiger partial charge is 0.291 e. The normalized spacial score (nSPS) is 26.0. The summed E-state index contributed by atoms with van der Waals surface area (Å²) in [5.74, 6) is -5.16. The molecule has 4 bridgehead atoms. The lowest BCUT2D eigenvalue weighted by atomic mass is 9.59. The minimum Gasteiger partial charge on any atom is -0.291 e. The van der Waals surface area contributed by atoms with Gasteiger partial charge in [-0.3, -0.25) is 19.8 Å². The molecule has 7 rings (SSSR count). The molecule has 3 atom stereocenters. The molecule has 2 aromatic heterocycles. The summed E-state index contributed by atoms with van der Waals surface area (Å²) in [5.41, 5.74) is 1.78. The molecule has 1 aromatic carbocycles. The molecule has 0 aliphatic heterocycles. The minimum atomic E-state index is -3.94. The Bertz CT molecular complexity index is 1880. The number of ketones is 1. The molecule has 0 amide bonds. The number of pyridine rings is 1. The van der Waals surface area contributed by atoms with E-state index in [4.69, 9.17) is 0 Å². The van der Waals surface area contributed by atoms with Gasteiger partial charge in [0, 0.05) is 49.6 Å². The minimum absolute atomic E-state index is 0.0362. The summed E-state index contributed by atoms with van der Waals surface area (Å²) >= 11 is 0. The smallest absolute Gasteiger partial charge is 0.283 e. The first-order valence-electron chi connectivity index (χ1n) is 14.0. The molecular formula is C31H29F3N5O3S+. The summed E-state index contributed by atoms with van der Waals surface area (Å²) in [4.78, 5) is 18.7. The topological polar surface area (TPSA) is 102 Å². The number of aryl methyl sites for hydroxylation is 1. The first kappa shape index (κ1) is 27.9. The van der Waals surface area contributed by atoms with Crippen molar-refractivity contribution in [2.24, 2.45) is 18.4 Å². The van der Waals surface area contributed by atoms with Gasteiger partial charge in [-0.25, -0.2) is 21.6 Å². The van der Waals surface area contributed by atoms with E-state index in [0.29, 0.717) is 35.4 Å². The first-order chi connectivity index (χ1) is 20.4. The molecule has 43 heavy (non-hydrogen) atoms. The second-order valence-electron chi connectivity index (χ2n) is 11.8. The van der Waals surface area contributed by atoms with E-state index >= 15 is 8.78 Å². The second kappa shape index (κ2) is 9.57. The molecular weight excluding hydrogens is 579 g/mol. The molecule has 1 saturated carbocycles. The summed E-state index contributed by atoms with van der Waals surface area (Å²) in [6.45, 7) is 0. The van der Waals surface area contributed by atoms with Gasteiger partial charge >= 0.3 is 0 Å². The average Bonchev–Trinajstić information content (AvgIpc) is 3.69. The van der Waals surface area contributed by atoms with Crippen molar-refractivity contribution in [2.75, 3.05) is 7.05 Å². The van der Waals surface area contributed by atoms with Gasteiger partial charge in [0.25, 0.3) is 15.9 Å². The molecule has 222 valence electrons. The summed E-state index contributed by atoms with van der Waals surface area (Å²) in [6, 6.07) is 9.23. The maximum absolute atomic E-state index is 15.7. The lowest BCUT2D eigenvalue weighted by Gasteiger charge is -2.46. The number of hydrogen-bond donors (Lipinski definition) is 1. The number of Topliss-reactive ketones (excluding diaryl/α,β-unsaturated/α-hetero) is 1. The highest BCUT2D eigenvalue weighted by molar-refractivity contribution is 7.89. The molecule has 8 nitrogen and oxygen atoms in total. The number of hydrogen-bond acceptors (Lipinski definition) is 5. The third kappa shape index (κ3) is 4.34. The van der Waals surface area contributed by atoms with Crippen molar-refractivity contribution >= 4 is 21.5 Å². The average molecular weight is 609 g/mol. The van der Waals surface area contributed by atoms with Crippen molar-refractivity contribution in [3.8, 4) is 0 Å². The van der Waals surface area contributed by atoms with Crippen LogP contribution in [0.3, 0.4) is 0 Å². The molecule has 2 N–H and O–H groups in total. The van der Waals surface area contributed by atoms with E-state index in [1.54, 1.807) is 19.2 Å². The van der Waals surface area contributed by atoms with Crippen LogP contribution in [0.1, 0.15) is 41.7 Å². The maximum Gasteiger partial charge on any atom is 0.283 e. The first-order valence-corrected chi connectivity index (χ1v) is 15.5.